The number of nitrogens with one attached hydrogen (secondary N) is 1. The SMILES string of the molecule is O=C(NC1CCCC1CO)c1cc(Cl)ccc1I. The highest BCUT2D eigenvalue weighted by atomic mass is 127. The number of amides is 1. The van der Waals surface area contributed by atoms with Crippen LogP contribution in [0.5, 0.6) is 0 Å². The Morgan fingerprint density at radius 2 is 2.28 bits per heavy atom. The van der Waals surface area contributed by atoms with Crippen molar-refractivity contribution in [3.63, 3.8) is 0 Å². The summed E-state index contributed by atoms with van der Waals surface area (Å²) in [4.78, 5) is 12.2. The molecule has 0 radical (unpaired) electrons. The smallest absolute Gasteiger partial charge is 0.252 e. The summed E-state index contributed by atoms with van der Waals surface area (Å²) in [5.41, 5.74) is 0.603. The van der Waals surface area contributed by atoms with Crippen molar-refractivity contribution < 1.29 is 9.90 Å². The van der Waals surface area contributed by atoms with Crippen LogP contribution in [0.2, 0.25) is 5.02 Å². The van der Waals surface area contributed by atoms with Gasteiger partial charge in [-0.1, -0.05) is 18.0 Å². The summed E-state index contributed by atoms with van der Waals surface area (Å²) in [6.45, 7) is 0.136. The van der Waals surface area contributed by atoms with Crippen molar-refractivity contribution in [1.29, 1.82) is 0 Å². The van der Waals surface area contributed by atoms with Gasteiger partial charge < -0.3 is 10.4 Å². The van der Waals surface area contributed by atoms with Crippen LogP contribution in [0.4, 0.5) is 0 Å². The van der Waals surface area contributed by atoms with Crippen molar-refractivity contribution in [3.05, 3.63) is 32.4 Å². The maximum atomic E-state index is 12.2. The van der Waals surface area contributed by atoms with Gasteiger partial charge in [0.1, 0.15) is 0 Å². The van der Waals surface area contributed by atoms with E-state index < -0.39 is 0 Å². The normalized spacial score (nSPS) is 23.1. The average molecular weight is 380 g/mol. The van der Waals surface area contributed by atoms with Gasteiger partial charge in [0.05, 0.1) is 5.56 Å². The van der Waals surface area contributed by atoms with Gasteiger partial charge in [-0.3, -0.25) is 4.79 Å². The minimum Gasteiger partial charge on any atom is -0.396 e. The van der Waals surface area contributed by atoms with Crippen LogP contribution in [0.25, 0.3) is 0 Å². The van der Waals surface area contributed by atoms with E-state index in [0.29, 0.717) is 10.6 Å². The summed E-state index contributed by atoms with van der Waals surface area (Å²) in [7, 11) is 0. The van der Waals surface area contributed by atoms with Crippen molar-refractivity contribution in [2.75, 3.05) is 6.61 Å². The van der Waals surface area contributed by atoms with Crippen LogP contribution in [0.1, 0.15) is 29.6 Å². The number of halogens is 2. The summed E-state index contributed by atoms with van der Waals surface area (Å²) < 4.78 is 0.882. The lowest BCUT2D eigenvalue weighted by Gasteiger charge is -2.19. The fourth-order valence-corrected chi connectivity index (χ4v) is 3.12. The Morgan fingerprint density at radius 1 is 1.50 bits per heavy atom. The van der Waals surface area contributed by atoms with Gasteiger partial charge >= 0.3 is 0 Å². The zero-order chi connectivity index (χ0) is 13.1. The maximum Gasteiger partial charge on any atom is 0.252 e. The summed E-state index contributed by atoms with van der Waals surface area (Å²) >= 11 is 8.03. The molecule has 2 N–H and O–H groups in total. The number of carbonyl (C=O) groups is 1. The van der Waals surface area contributed by atoms with Crippen molar-refractivity contribution in [2.45, 2.75) is 25.3 Å². The zero-order valence-electron chi connectivity index (χ0n) is 9.83. The molecule has 1 aromatic carbocycles. The molecule has 0 aliphatic heterocycles. The first-order chi connectivity index (χ1) is 8.61. The molecule has 1 aliphatic carbocycles. The molecule has 1 aromatic rings. The second-order valence-electron chi connectivity index (χ2n) is 4.58. The van der Waals surface area contributed by atoms with Crippen LogP contribution in [-0.2, 0) is 0 Å². The van der Waals surface area contributed by atoms with Crippen molar-refractivity contribution in [3.8, 4) is 0 Å². The molecule has 2 rings (SSSR count). The van der Waals surface area contributed by atoms with E-state index >= 15 is 0 Å². The number of rotatable bonds is 3. The minimum atomic E-state index is -0.104. The molecule has 1 aliphatic rings. The topological polar surface area (TPSA) is 49.3 Å². The Kier molecular flexibility index (Phi) is 4.86. The molecular formula is C13H15ClINO2. The van der Waals surface area contributed by atoms with Crippen molar-refractivity contribution >= 4 is 40.1 Å². The molecule has 1 amide bonds. The Bertz CT molecular complexity index is 453. The highest BCUT2D eigenvalue weighted by Gasteiger charge is 2.28. The minimum absolute atomic E-state index is 0.0808. The molecule has 1 fully saturated rings. The summed E-state index contributed by atoms with van der Waals surface area (Å²) in [6.07, 6.45) is 2.98. The Hall–Kier alpha value is -0.330. The highest BCUT2D eigenvalue weighted by molar-refractivity contribution is 14.1. The molecule has 1 saturated carbocycles. The zero-order valence-corrected chi connectivity index (χ0v) is 12.7. The highest BCUT2D eigenvalue weighted by Crippen LogP contribution is 2.26. The molecule has 3 nitrogen and oxygen atoms in total. The van der Waals surface area contributed by atoms with Crippen LogP contribution in [0.3, 0.4) is 0 Å². The first-order valence-corrected chi connectivity index (χ1v) is 7.44. The van der Waals surface area contributed by atoms with Gasteiger partial charge in [-0.15, -0.1) is 0 Å². The number of hydrogen-bond acceptors (Lipinski definition) is 2. The quantitative estimate of drug-likeness (QED) is 0.794. The molecular weight excluding hydrogens is 365 g/mol. The van der Waals surface area contributed by atoms with Gasteiger partial charge in [-0.2, -0.15) is 0 Å². The molecule has 0 saturated heterocycles. The Morgan fingerprint density at radius 3 is 3.00 bits per heavy atom. The Balaban J connectivity index is 2.09. The monoisotopic (exact) mass is 379 g/mol. The third-order valence-corrected chi connectivity index (χ3v) is 4.56. The van der Waals surface area contributed by atoms with Crippen LogP contribution < -0.4 is 5.32 Å². The number of aliphatic hydroxyl groups is 1. The van der Waals surface area contributed by atoms with E-state index in [9.17, 15) is 9.90 Å². The molecule has 98 valence electrons. The van der Waals surface area contributed by atoms with E-state index in [1.54, 1.807) is 12.1 Å². The summed E-state index contributed by atoms with van der Waals surface area (Å²) in [6, 6.07) is 5.36. The van der Waals surface area contributed by atoms with Gasteiger partial charge in [-0.25, -0.2) is 0 Å². The fraction of sp³-hybridized carbons (Fsp3) is 0.462. The van der Waals surface area contributed by atoms with Crippen LogP contribution >= 0.6 is 34.2 Å². The third kappa shape index (κ3) is 3.16. The number of carbonyl (C=O) groups excluding carboxylic acids is 1. The predicted molar refractivity (Wildman–Crippen MR) is 79.9 cm³/mol. The second kappa shape index (κ2) is 6.21. The van der Waals surface area contributed by atoms with Gasteiger partial charge in [0.15, 0.2) is 0 Å². The van der Waals surface area contributed by atoms with Gasteiger partial charge in [0.25, 0.3) is 5.91 Å². The molecule has 2 unspecified atom stereocenters. The first kappa shape index (κ1) is 14.1. The molecule has 0 spiro atoms. The average Bonchev–Trinajstić information content (AvgIpc) is 2.79. The standard InChI is InChI=1S/C13H15ClINO2/c14-9-4-5-11(15)10(6-9)13(18)16-12-3-1-2-8(12)7-17/h4-6,8,12,17H,1-3,7H2,(H,16,18). The van der Waals surface area contributed by atoms with Crippen molar-refractivity contribution in [1.82, 2.24) is 5.32 Å². The summed E-state index contributed by atoms with van der Waals surface area (Å²) in [5, 5.41) is 12.8. The number of aliphatic hydroxyl groups excluding tert-OH is 1. The lowest BCUT2D eigenvalue weighted by atomic mass is 10.0. The first-order valence-electron chi connectivity index (χ1n) is 5.98. The lowest BCUT2D eigenvalue weighted by Crippen LogP contribution is -2.38. The molecule has 0 aromatic heterocycles. The molecule has 5 heteroatoms. The van der Waals surface area contributed by atoms with Crippen LogP contribution in [0, 0.1) is 9.49 Å². The second-order valence-corrected chi connectivity index (χ2v) is 6.18. The fourth-order valence-electron chi connectivity index (χ4n) is 2.36. The van der Waals surface area contributed by atoms with Gasteiger partial charge in [-0.05, 0) is 53.6 Å². The summed E-state index contributed by atoms with van der Waals surface area (Å²) in [5.74, 6) is 0.0815. The molecule has 0 heterocycles. The number of benzene rings is 1. The number of hydrogen-bond donors (Lipinski definition) is 2. The van der Waals surface area contributed by atoms with E-state index in [0.717, 1.165) is 22.8 Å². The molecule has 2 atom stereocenters. The van der Waals surface area contributed by atoms with E-state index in [4.69, 9.17) is 11.6 Å². The predicted octanol–water partition coefficient (Wildman–Crippen LogP) is 2.84. The van der Waals surface area contributed by atoms with E-state index in [1.807, 2.05) is 6.07 Å². The molecule has 18 heavy (non-hydrogen) atoms. The lowest BCUT2D eigenvalue weighted by molar-refractivity contribution is 0.0915. The third-order valence-electron chi connectivity index (χ3n) is 3.38. The van der Waals surface area contributed by atoms with Crippen molar-refractivity contribution in [2.24, 2.45) is 5.92 Å². The molecule has 0 bridgehead atoms. The largest absolute Gasteiger partial charge is 0.396 e. The Labute approximate surface area is 125 Å². The van der Waals surface area contributed by atoms with E-state index in [1.165, 1.54) is 0 Å². The van der Waals surface area contributed by atoms with E-state index in [2.05, 4.69) is 27.9 Å². The maximum absolute atomic E-state index is 12.2. The van der Waals surface area contributed by atoms with Crippen LogP contribution in [-0.4, -0.2) is 23.7 Å². The van der Waals surface area contributed by atoms with Gasteiger partial charge in [0.2, 0.25) is 0 Å². The van der Waals surface area contributed by atoms with Crippen LogP contribution in [0.15, 0.2) is 18.2 Å². The van der Waals surface area contributed by atoms with E-state index in [-0.39, 0.29) is 24.5 Å². The van der Waals surface area contributed by atoms with Gasteiger partial charge in [0, 0.05) is 27.2 Å².